The molecule has 1 aromatic rings. The van der Waals surface area contributed by atoms with Gasteiger partial charge in [0.2, 0.25) is 10.0 Å². The lowest BCUT2D eigenvalue weighted by Crippen LogP contribution is -2.54. The summed E-state index contributed by atoms with van der Waals surface area (Å²) >= 11 is 0. The first kappa shape index (κ1) is 26.8. The number of nitrogens with zero attached hydrogens (tertiary/aromatic N) is 4. The summed E-state index contributed by atoms with van der Waals surface area (Å²) in [6, 6.07) is 4.86. The van der Waals surface area contributed by atoms with Gasteiger partial charge in [-0.2, -0.15) is 0 Å². The van der Waals surface area contributed by atoms with Crippen LogP contribution >= 0.6 is 24.0 Å². The Balaban J connectivity index is 0.00000480. The summed E-state index contributed by atoms with van der Waals surface area (Å²) in [4.78, 5) is 29.5. The molecule has 1 amide bonds. The van der Waals surface area contributed by atoms with Gasteiger partial charge in [-0.25, -0.2) is 17.9 Å². The van der Waals surface area contributed by atoms with E-state index in [2.05, 4.69) is 15.0 Å². The third-order valence-electron chi connectivity index (χ3n) is 4.36. The van der Waals surface area contributed by atoms with Crippen LogP contribution in [-0.4, -0.2) is 88.1 Å². The van der Waals surface area contributed by atoms with Crippen molar-refractivity contribution in [2.75, 3.05) is 52.9 Å². The molecular weight excluding hydrogens is 543 g/mol. The second-order valence-corrected chi connectivity index (χ2v) is 8.07. The van der Waals surface area contributed by atoms with E-state index in [4.69, 9.17) is 4.74 Å². The first-order valence-corrected chi connectivity index (χ1v) is 10.9. The van der Waals surface area contributed by atoms with E-state index in [1.807, 2.05) is 4.90 Å². The Morgan fingerprint density at radius 2 is 1.87 bits per heavy atom. The van der Waals surface area contributed by atoms with Crippen molar-refractivity contribution in [3.05, 3.63) is 34.4 Å². The minimum absolute atomic E-state index is 0. The number of sulfonamides is 1. The van der Waals surface area contributed by atoms with Gasteiger partial charge in [0.15, 0.2) is 5.96 Å². The lowest BCUT2D eigenvalue weighted by atomic mass is 10.3. The second kappa shape index (κ2) is 12.6. The zero-order valence-corrected chi connectivity index (χ0v) is 20.5. The molecular formula is C17H27IN6O6S. The standard InChI is InChI=1S/C17H26N6O6S.HI/c1-3-29-17(24)22-11-9-21(10-12-22)16(18-2)19-7-8-20-30(27,28)15-6-4-5-14(13-15)23(25)26;/h4-6,13,20H,3,7-12H2,1-2H3,(H,18,19);1H. The summed E-state index contributed by atoms with van der Waals surface area (Å²) in [6.45, 7) is 4.54. The van der Waals surface area contributed by atoms with Gasteiger partial charge in [-0.3, -0.25) is 15.1 Å². The number of hydrogen-bond donors (Lipinski definition) is 2. The van der Waals surface area contributed by atoms with E-state index in [1.165, 1.54) is 18.2 Å². The lowest BCUT2D eigenvalue weighted by molar-refractivity contribution is -0.385. The molecule has 14 heteroatoms. The first-order chi connectivity index (χ1) is 14.3. The van der Waals surface area contributed by atoms with Crippen LogP contribution in [0.3, 0.4) is 0 Å². The number of carbonyl (C=O) groups is 1. The summed E-state index contributed by atoms with van der Waals surface area (Å²) in [5.41, 5.74) is -0.293. The van der Waals surface area contributed by atoms with Gasteiger partial charge in [0.05, 0.1) is 16.4 Å². The second-order valence-electron chi connectivity index (χ2n) is 6.30. The number of hydrogen-bond acceptors (Lipinski definition) is 7. The number of nitro groups is 1. The minimum Gasteiger partial charge on any atom is -0.450 e. The van der Waals surface area contributed by atoms with Crippen molar-refractivity contribution < 1.29 is 22.9 Å². The Kier molecular flexibility index (Phi) is 10.9. The lowest BCUT2D eigenvalue weighted by Gasteiger charge is -2.35. The first-order valence-electron chi connectivity index (χ1n) is 9.40. The highest BCUT2D eigenvalue weighted by atomic mass is 127. The van der Waals surface area contributed by atoms with Crippen molar-refractivity contribution in [1.29, 1.82) is 0 Å². The van der Waals surface area contributed by atoms with Crippen LogP contribution in [-0.2, 0) is 14.8 Å². The van der Waals surface area contributed by atoms with Gasteiger partial charge >= 0.3 is 6.09 Å². The number of aliphatic imine (C=N–C) groups is 1. The molecule has 1 heterocycles. The van der Waals surface area contributed by atoms with Crippen molar-refractivity contribution in [2.45, 2.75) is 11.8 Å². The van der Waals surface area contributed by atoms with Crippen molar-refractivity contribution in [2.24, 2.45) is 4.99 Å². The van der Waals surface area contributed by atoms with E-state index in [0.29, 0.717) is 38.7 Å². The van der Waals surface area contributed by atoms with Gasteiger partial charge in [-0.1, -0.05) is 6.07 Å². The average molecular weight is 570 g/mol. The largest absolute Gasteiger partial charge is 0.450 e. The molecule has 31 heavy (non-hydrogen) atoms. The molecule has 1 aliphatic rings. The fraction of sp³-hybridized carbons (Fsp3) is 0.529. The van der Waals surface area contributed by atoms with Gasteiger partial charge in [0, 0.05) is 58.4 Å². The highest BCUT2D eigenvalue weighted by Crippen LogP contribution is 2.16. The van der Waals surface area contributed by atoms with Gasteiger partial charge in [0.25, 0.3) is 5.69 Å². The number of benzene rings is 1. The number of rotatable bonds is 7. The molecule has 1 fully saturated rings. The van der Waals surface area contributed by atoms with Gasteiger partial charge in [-0.15, -0.1) is 24.0 Å². The number of piperazine rings is 1. The maximum absolute atomic E-state index is 12.3. The Morgan fingerprint density at radius 1 is 1.23 bits per heavy atom. The van der Waals surface area contributed by atoms with Crippen LogP contribution in [0.2, 0.25) is 0 Å². The zero-order chi connectivity index (χ0) is 22.1. The molecule has 12 nitrogen and oxygen atoms in total. The van der Waals surface area contributed by atoms with Crippen LogP contribution < -0.4 is 10.0 Å². The summed E-state index contributed by atoms with van der Waals surface area (Å²) in [7, 11) is -2.26. The fourth-order valence-corrected chi connectivity index (χ4v) is 3.93. The molecule has 0 aromatic heterocycles. The molecule has 0 radical (unpaired) electrons. The van der Waals surface area contributed by atoms with Crippen LogP contribution in [0.25, 0.3) is 0 Å². The molecule has 1 aliphatic heterocycles. The van der Waals surface area contributed by atoms with Crippen LogP contribution in [0.4, 0.5) is 10.5 Å². The van der Waals surface area contributed by atoms with Gasteiger partial charge in [-0.05, 0) is 13.0 Å². The molecule has 0 bridgehead atoms. The molecule has 0 atom stereocenters. The molecule has 1 saturated heterocycles. The number of carbonyl (C=O) groups excluding carboxylic acids is 1. The molecule has 2 rings (SSSR count). The minimum atomic E-state index is -3.87. The van der Waals surface area contributed by atoms with Crippen LogP contribution in [0.1, 0.15) is 6.92 Å². The summed E-state index contributed by atoms with van der Waals surface area (Å²) < 4.78 is 32.0. The Morgan fingerprint density at radius 3 is 2.45 bits per heavy atom. The third kappa shape index (κ3) is 7.77. The maximum Gasteiger partial charge on any atom is 0.409 e. The van der Waals surface area contributed by atoms with Crippen molar-refractivity contribution in [1.82, 2.24) is 19.8 Å². The Bertz CT molecular complexity index is 889. The van der Waals surface area contributed by atoms with E-state index in [9.17, 15) is 23.3 Å². The van der Waals surface area contributed by atoms with Gasteiger partial charge < -0.3 is 19.9 Å². The van der Waals surface area contributed by atoms with E-state index in [1.54, 1.807) is 18.9 Å². The number of amides is 1. The summed E-state index contributed by atoms with van der Waals surface area (Å²) in [5.74, 6) is 0.591. The molecule has 0 spiro atoms. The molecule has 1 aromatic carbocycles. The molecule has 0 saturated carbocycles. The number of nitro benzene ring substituents is 1. The van der Waals surface area contributed by atoms with Crippen molar-refractivity contribution in [3.8, 4) is 0 Å². The number of nitrogens with one attached hydrogen (secondary N) is 2. The van der Waals surface area contributed by atoms with Gasteiger partial charge in [0.1, 0.15) is 0 Å². The maximum atomic E-state index is 12.3. The third-order valence-corrected chi connectivity index (χ3v) is 5.81. The monoisotopic (exact) mass is 570 g/mol. The highest BCUT2D eigenvalue weighted by molar-refractivity contribution is 14.0. The van der Waals surface area contributed by atoms with Crippen LogP contribution in [0.15, 0.2) is 34.2 Å². The van der Waals surface area contributed by atoms with E-state index in [0.717, 1.165) is 6.07 Å². The quantitative estimate of drug-likeness (QED) is 0.123. The smallest absolute Gasteiger partial charge is 0.409 e. The summed E-state index contributed by atoms with van der Waals surface area (Å²) in [6.07, 6.45) is -0.337. The van der Waals surface area contributed by atoms with Crippen LogP contribution in [0, 0.1) is 10.1 Å². The Labute approximate surface area is 198 Å². The van der Waals surface area contributed by atoms with E-state index >= 15 is 0 Å². The van der Waals surface area contributed by atoms with Crippen LogP contribution in [0.5, 0.6) is 0 Å². The molecule has 0 unspecified atom stereocenters. The van der Waals surface area contributed by atoms with Crippen molar-refractivity contribution >= 4 is 51.7 Å². The number of non-ortho nitro benzene ring substituents is 1. The number of halogens is 1. The SMILES string of the molecule is CCOC(=O)N1CCN(C(=NC)NCCNS(=O)(=O)c2cccc([N+](=O)[O-])c2)CC1.I. The molecule has 2 N–H and O–H groups in total. The van der Waals surface area contributed by atoms with E-state index in [-0.39, 0.29) is 53.7 Å². The fourth-order valence-electron chi connectivity index (χ4n) is 2.86. The summed E-state index contributed by atoms with van der Waals surface area (Å²) in [5, 5.41) is 13.9. The average Bonchev–Trinajstić information content (AvgIpc) is 2.74. The highest BCUT2D eigenvalue weighted by Gasteiger charge is 2.23. The number of ether oxygens (including phenoxy) is 1. The molecule has 0 aliphatic carbocycles. The predicted molar refractivity (Wildman–Crippen MR) is 125 cm³/mol. The topological polar surface area (TPSA) is 146 Å². The molecule has 174 valence electrons. The van der Waals surface area contributed by atoms with Crippen molar-refractivity contribution in [3.63, 3.8) is 0 Å². The number of guanidine groups is 1. The predicted octanol–water partition coefficient (Wildman–Crippen LogP) is 0.841. The normalized spacial score (nSPS) is 14.6. The zero-order valence-electron chi connectivity index (χ0n) is 17.3. The Hall–Kier alpha value is -2.20. The van der Waals surface area contributed by atoms with E-state index < -0.39 is 14.9 Å².